The van der Waals surface area contributed by atoms with E-state index in [1.807, 2.05) is 71.6 Å². The van der Waals surface area contributed by atoms with E-state index < -0.39 is 171 Å². The SMILES string of the molecule is COc1ccc(C(OCC2(C)CN(C(=O)CCCCCCCCC(=O)NCC(=O)Nc3cc(C(=O)NCCOCCOCCOC4OC(COC(C)=O)C(OC(C)=O)C(OC(C)=O)C4NC(C)=O)cc(C(=O)NCCOCCOCCOC4OC(COC(C)=O)C(OC(C)=O)C(OC(C)=O)C4NC(C)=O)c3)CC2(C)COP(OCCC#N)N(C(C)C)C(C)C)(c2ccccc2)c2ccc(OC)cc2)cc1. The quantitative estimate of drug-likeness (QED) is 0.00803. The molecule has 3 heterocycles. The van der Waals surface area contributed by atoms with Crippen LogP contribution in [0, 0.1) is 22.2 Å². The first-order valence-electron chi connectivity index (χ1n) is 47.0. The van der Waals surface area contributed by atoms with Gasteiger partial charge >= 0.3 is 35.8 Å². The number of nitrogens with zero attached hydrogens (tertiary/aromatic N) is 3. The van der Waals surface area contributed by atoms with E-state index in [2.05, 4.69) is 96.3 Å². The molecule has 140 heavy (non-hydrogen) atoms. The maximum atomic E-state index is 14.7. The van der Waals surface area contributed by atoms with Crippen LogP contribution in [0.5, 0.6) is 11.5 Å². The van der Waals surface area contributed by atoms with E-state index in [1.165, 1.54) is 32.0 Å². The van der Waals surface area contributed by atoms with Gasteiger partial charge in [0.15, 0.2) is 37.0 Å². The van der Waals surface area contributed by atoms with Gasteiger partial charge in [-0.1, -0.05) is 94.1 Å². The molecule has 3 saturated heterocycles. The standard InChI is InChI=1S/C98H140N9O32P/c1-63(2)107(64(3)4)140(132-42-26-39-99)133-62-97(14)60-106(59-96(97,13)61-131-98(75-27-22-21-23-28-75,76-31-35-79(121-15)36-32-76)77-33-37-80(122-16)38-34-77)85(118)30-25-20-18-17-19-24-29-83(116)102-56-84(117)105-78-54-73(92(119)100-40-43-123-45-47-125-49-51-127-94-86(103-65(5)108)90(136-71(11)114)88(134-69(9)112)81(138-94)57-129-67(7)110)53-74(55-78)93(120)101-41-44-124-46-48-126-50-52-128-95-87(104-66(6)109)91(137-72(12)115)89(135-70(10)113)82(139-95)58-130-68(8)111/h21-23,27-28,31-38,53-55,63-64,81-82,86-91,94-95H,17-20,24-26,29-30,40-52,56-62H2,1-16H3,(H,100,119)(H,101,120)(H,102,116)(H,103,108)(H,104,109)(H,105,117). The van der Waals surface area contributed by atoms with Crippen LogP contribution < -0.4 is 41.4 Å². The largest absolute Gasteiger partial charge is 0.497 e. The monoisotopic (exact) mass is 1990 g/mol. The lowest BCUT2D eigenvalue weighted by atomic mass is 9.68. The van der Waals surface area contributed by atoms with Crippen molar-refractivity contribution >= 4 is 91.4 Å². The lowest BCUT2D eigenvalue weighted by Gasteiger charge is -2.44. The van der Waals surface area contributed by atoms with E-state index in [0.29, 0.717) is 50.3 Å². The highest BCUT2D eigenvalue weighted by atomic mass is 31.2. The number of amides is 7. The second-order valence-corrected chi connectivity index (χ2v) is 36.3. The average Bonchev–Trinajstić information content (AvgIpc) is 1.50. The second-order valence-electron chi connectivity index (χ2n) is 34.9. The topological polar surface area (TPSA) is 500 Å². The number of esters is 6. The van der Waals surface area contributed by atoms with Gasteiger partial charge in [0.25, 0.3) is 20.3 Å². The number of ether oxygens (including phenoxy) is 17. The first kappa shape index (κ1) is 116. The van der Waals surface area contributed by atoms with Crippen molar-refractivity contribution in [1.82, 2.24) is 36.2 Å². The zero-order valence-corrected chi connectivity index (χ0v) is 83.9. The Morgan fingerprint density at radius 3 is 1.32 bits per heavy atom. The third-order valence-corrected chi connectivity index (χ3v) is 25.1. The fourth-order valence-electron chi connectivity index (χ4n) is 16.2. The van der Waals surface area contributed by atoms with Crippen LogP contribution in [0.25, 0.3) is 0 Å². The van der Waals surface area contributed by atoms with Crippen LogP contribution in [0.15, 0.2) is 97.1 Å². The molecular weight excluding hydrogens is 1850 g/mol. The molecule has 7 rings (SSSR count). The van der Waals surface area contributed by atoms with Crippen molar-refractivity contribution in [1.29, 1.82) is 5.26 Å². The van der Waals surface area contributed by atoms with Gasteiger partial charge in [0.05, 0.1) is 119 Å². The minimum absolute atomic E-state index is 0.00105. The van der Waals surface area contributed by atoms with Gasteiger partial charge in [-0.05, 0) is 99.7 Å². The molecule has 7 amide bonds. The van der Waals surface area contributed by atoms with Crippen molar-refractivity contribution < 1.29 is 152 Å². The van der Waals surface area contributed by atoms with Gasteiger partial charge in [0, 0.05) is 134 Å². The van der Waals surface area contributed by atoms with Crippen LogP contribution in [0.4, 0.5) is 5.69 Å². The molecule has 0 spiro atoms. The molecule has 3 aliphatic heterocycles. The van der Waals surface area contributed by atoms with Gasteiger partial charge in [0.2, 0.25) is 29.5 Å². The Morgan fingerprint density at radius 1 is 0.486 bits per heavy atom. The highest BCUT2D eigenvalue weighted by Crippen LogP contribution is 2.54. The van der Waals surface area contributed by atoms with Gasteiger partial charge in [-0.3, -0.25) is 62.3 Å². The summed E-state index contributed by atoms with van der Waals surface area (Å²) in [5.74, 6) is -6.53. The van der Waals surface area contributed by atoms with Gasteiger partial charge < -0.3 is 126 Å². The molecule has 0 radical (unpaired) electrons. The van der Waals surface area contributed by atoms with Crippen LogP contribution in [0.2, 0.25) is 0 Å². The molecule has 774 valence electrons. The molecule has 4 aromatic carbocycles. The number of carbonyl (C=O) groups is 13. The highest BCUT2D eigenvalue weighted by Gasteiger charge is 2.57. The minimum Gasteiger partial charge on any atom is -0.497 e. The lowest BCUT2D eigenvalue weighted by molar-refractivity contribution is -0.279. The summed E-state index contributed by atoms with van der Waals surface area (Å²) in [5, 5.41) is 25.6. The Morgan fingerprint density at radius 2 is 0.900 bits per heavy atom. The smallest absolute Gasteiger partial charge is 0.303 e. The summed E-state index contributed by atoms with van der Waals surface area (Å²) in [6.45, 7) is 21.6. The molecule has 13 unspecified atom stereocenters. The number of hydrogen-bond donors (Lipinski definition) is 6. The summed E-state index contributed by atoms with van der Waals surface area (Å²) in [5.41, 5.74) is 0.0255. The number of benzene rings is 4. The zero-order valence-electron chi connectivity index (χ0n) is 83.0. The first-order valence-corrected chi connectivity index (χ1v) is 48.1. The number of carbonyl (C=O) groups excluding carboxylic acids is 13. The zero-order chi connectivity index (χ0) is 102. The van der Waals surface area contributed by atoms with Crippen molar-refractivity contribution in [3.05, 3.63) is 125 Å². The number of hydrogen-bond acceptors (Lipinski definition) is 34. The van der Waals surface area contributed by atoms with Crippen LogP contribution in [-0.4, -0.2) is 306 Å². The summed E-state index contributed by atoms with van der Waals surface area (Å²) in [6.07, 6.45) is -5.47. The summed E-state index contributed by atoms with van der Waals surface area (Å²) in [7, 11) is 1.61. The summed E-state index contributed by atoms with van der Waals surface area (Å²) >= 11 is 0. The van der Waals surface area contributed by atoms with Crippen molar-refractivity contribution in [2.45, 2.75) is 234 Å². The molecule has 41 nitrogen and oxygen atoms in total. The second kappa shape index (κ2) is 59.7. The Hall–Kier alpha value is -11.0. The molecule has 3 fully saturated rings. The Bertz CT molecular complexity index is 4490. The van der Waals surface area contributed by atoms with Crippen LogP contribution in [0.1, 0.15) is 192 Å². The number of nitriles is 1. The van der Waals surface area contributed by atoms with Crippen molar-refractivity contribution in [2.75, 3.05) is 151 Å². The van der Waals surface area contributed by atoms with Crippen LogP contribution in [-0.2, 0) is 138 Å². The molecule has 0 aromatic heterocycles. The Balaban J connectivity index is 0.926. The highest BCUT2D eigenvalue weighted by molar-refractivity contribution is 7.44. The number of likely N-dealkylation sites (tertiary alicyclic amines) is 1. The molecule has 0 saturated carbocycles. The molecule has 0 aliphatic carbocycles. The molecule has 0 bridgehead atoms. The summed E-state index contributed by atoms with van der Waals surface area (Å²) in [4.78, 5) is 168. The predicted molar refractivity (Wildman–Crippen MR) is 505 cm³/mol. The fraction of sp³-hybridized carbons (Fsp3) is 0.612. The van der Waals surface area contributed by atoms with E-state index in [1.54, 1.807) is 14.2 Å². The van der Waals surface area contributed by atoms with Gasteiger partial charge in [-0.2, -0.15) is 5.26 Å². The van der Waals surface area contributed by atoms with E-state index in [4.69, 9.17) is 89.6 Å². The molecule has 13 atom stereocenters. The first-order chi connectivity index (χ1) is 66.8. The molecule has 42 heteroatoms. The van der Waals surface area contributed by atoms with E-state index in [0.717, 1.165) is 77.5 Å². The number of unbranched alkanes of at least 4 members (excludes halogenated alkanes) is 5. The number of rotatable bonds is 61. The third-order valence-electron chi connectivity index (χ3n) is 23.0. The van der Waals surface area contributed by atoms with Gasteiger partial charge in [0.1, 0.15) is 54.6 Å². The van der Waals surface area contributed by atoms with Crippen LogP contribution in [0.3, 0.4) is 0 Å². The van der Waals surface area contributed by atoms with Crippen molar-refractivity contribution in [3.8, 4) is 17.6 Å². The maximum absolute atomic E-state index is 14.7. The third kappa shape index (κ3) is 37.5. The van der Waals surface area contributed by atoms with Crippen molar-refractivity contribution in [3.63, 3.8) is 0 Å². The Kier molecular flexibility index (Phi) is 49.5. The normalized spacial score (nSPS) is 20.8. The van der Waals surface area contributed by atoms with Crippen molar-refractivity contribution in [2.24, 2.45) is 10.8 Å². The fourth-order valence-corrected chi connectivity index (χ4v) is 18.0. The van der Waals surface area contributed by atoms with E-state index in [9.17, 15) is 67.6 Å². The summed E-state index contributed by atoms with van der Waals surface area (Å²) < 4.78 is 113. The van der Waals surface area contributed by atoms with Gasteiger partial charge in [-0.15, -0.1) is 0 Å². The Labute approximate surface area is 819 Å². The number of nitrogens with one attached hydrogen (secondary N) is 6. The van der Waals surface area contributed by atoms with E-state index >= 15 is 0 Å². The predicted octanol–water partition coefficient (Wildman–Crippen LogP) is 7.91. The maximum Gasteiger partial charge on any atom is 0.303 e. The molecule has 4 aromatic rings. The minimum atomic E-state index is -1.64. The molecule has 6 N–H and O–H groups in total. The lowest BCUT2D eigenvalue weighted by Crippen LogP contribution is -2.66. The number of methoxy groups -OCH3 is 2. The molecular formula is C98H140N9O32P. The average molecular weight is 1990 g/mol. The van der Waals surface area contributed by atoms with Gasteiger partial charge in [-0.25, -0.2) is 4.67 Å². The van der Waals surface area contributed by atoms with Crippen LogP contribution >= 0.6 is 8.53 Å². The van der Waals surface area contributed by atoms with E-state index in [-0.39, 0.29) is 153 Å². The molecule has 3 aliphatic rings. The number of anilines is 1. The summed E-state index contributed by atoms with van der Waals surface area (Å²) in [6, 6.07) is 29.7.